The lowest BCUT2D eigenvalue weighted by Gasteiger charge is -2.10. The van der Waals surface area contributed by atoms with Crippen molar-refractivity contribution in [2.24, 2.45) is 0 Å². The monoisotopic (exact) mass is 255 g/mol. The normalized spacial score (nSPS) is 11.4. The first-order valence-corrected chi connectivity index (χ1v) is 4.43. The highest BCUT2D eigenvalue weighted by molar-refractivity contribution is 6.33. The number of aryl methyl sites for hydroxylation is 1. The van der Waals surface area contributed by atoms with E-state index in [-0.39, 0.29) is 10.6 Å². The smallest absolute Gasteiger partial charge is 0.317 e. The van der Waals surface area contributed by atoms with Gasteiger partial charge < -0.3 is 5.32 Å². The number of alkyl halides is 3. The van der Waals surface area contributed by atoms with Crippen molar-refractivity contribution in [3.8, 4) is 0 Å². The average molecular weight is 256 g/mol. The first-order valence-electron chi connectivity index (χ1n) is 4.05. The summed E-state index contributed by atoms with van der Waals surface area (Å²) in [6.07, 6.45) is -5.04. The lowest BCUT2D eigenvalue weighted by atomic mass is 10.2. The number of halogens is 5. The van der Waals surface area contributed by atoms with Crippen molar-refractivity contribution < 1.29 is 22.4 Å². The minimum Gasteiger partial charge on any atom is -0.317 e. The first-order chi connectivity index (χ1) is 7.21. The zero-order valence-corrected chi connectivity index (χ0v) is 8.71. The molecule has 0 fully saturated rings. The van der Waals surface area contributed by atoms with E-state index in [4.69, 9.17) is 11.6 Å². The fraction of sp³-hybridized carbons (Fsp3) is 0.222. The molecule has 0 spiro atoms. The van der Waals surface area contributed by atoms with Gasteiger partial charge in [-0.1, -0.05) is 11.6 Å². The van der Waals surface area contributed by atoms with E-state index in [0.717, 1.165) is 12.1 Å². The van der Waals surface area contributed by atoms with Gasteiger partial charge in [0, 0.05) is 0 Å². The molecular weight excluding hydrogens is 250 g/mol. The van der Waals surface area contributed by atoms with Gasteiger partial charge in [-0.25, -0.2) is 4.39 Å². The van der Waals surface area contributed by atoms with Crippen molar-refractivity contribution in [3.63, 3.8) is 0 Å². The summed E-state index contributed by atoms with van der Waals surface area (Å²) >= 11 is 5.55. The van der Waals surface area contributed by atoms with Gasteiger partial charge in [-0.05, 0) is 24.6 Å². The Morgan fingerprint density at radius 3 is 2.44 bits per heavy atom. The Labute approximate surface area is 93.2 Å². The molecule has 0 unspecified atom stereocenters. The molecule has 0 aromatic heterocycles. The van der Waals surface area contributed by atoms with Gasteiger partial charge in [0.25, 0.3) is 0 Å². The molecule has 16 heavy (non-hydrogen) atoms. The number of rotatable bonds is 1. The van der Waals surface area contributed by atoms with Crippen LogP contribution in [0.2, 0.25) is 5.02 Å². The predicted octanol–water partition coefficient (Wildman–Crippen LogP) is 3.29. The summed E-state index contributed by atoms with van der Waals surface area (Å²) in [6.45, 7) is 1.40. The van der Waals surface area contributed by atoms with Gasteiger partial charge in [0.15, 0.2) is 0 Å². The maximum Gasteiger partial charge on any atom is 0.471 e. The molecule has 0 saturated heterocycles. The number of benzene rings is 1. The Balaban J connectivity index is 2.99. The van der Waals surface area contributed by atoms with Gasteiger partial charge in [0.1, 0.15) is 5.82 Å². The summed E-state index contributed by atoms with van der Waals surface area (Å²) in [5.41, 5.74) is -0.234. The third kappa shape index (κ3) is 2.85. The van der Waals surface area contributed by atoms with Gasteiger partial charge >= 0.3 is 12.1 Å². The minimum absolute atomic E-state index is 0.156. The highest BCUT2D eigenvalue weighted by Gasteiger charge is 2.39. The molecule has 0 bridgehead atoms. The van der Waals surface area contributed by atoms with Gasteiger partial charge in [-0.2, -0.15) is 13.2 Å². The second kappa shape index (κ2) is 4.29. The highest BCUT2D eigenvalue weighted by Crippen LogP contribution is 2.27. The summed E-state index contributed by atoms with van der Waals surface area (Å²) in [4.78, 5) is 10.6. The summed E-state index contributed by atoms with van der Waals surface area (Å²) < 4.78 is 48.7. The third-order valence-corrected chi connectivity index (χ3v) is 2.07. The van der Waals surface area contributed by atoms with Gasteiger partial charge in [-0.15, -0.1) is 0 Å². The fourth-order valence-corrected chi connectivity index (χ4v) is 1.20. The fourth-order valence-electron chi connectivity index (χ4n) is 0.935. The number of amides is 1. The van der Waals surface area contributed by atoms with Crippen LogP contribution in [0.1, 0.15) is 5.56 Å². The van der Waals surface area contributed by atoms with E-state index in [9.17, 15) is 22.4 Å². The molecule has 0 radical (unpaired) electrons. The second-order valence-electron chi connectivity index (χ2n) is 3.03. The zero-order valence-electron chi connectivity index (χ0n) is 7.95. The van der Waals surface area contributed by atoms with Crippen molar-refractivity contribution in [3.05, 3.63) is 28.5 Å². The second-order valence-corrected chi connectivity index (χ2v) is 3.44. The molecule has 0 aliphatic heterocycles. The quantitative estimate of drug-likeness (QED) is 0.767. The van der Waals surface area contributed by atoms with Gasteiger partial charge in [0.2, 0.25) is 0 Å². The third-order valence-electron chi connectivity index (χ3n) is 1.75. The van der Waals surface area contributed by atoms with Gasteiger partial charge in [-0.3, -0.25) is 4.79 Å². The molecule has 0 heterocycles. The van der Waals surface area contributed by atoms with Crippen molar-refractivity contribution >= 4 is 23.2 Å². The van der Waals surface area contributed by atoms with E-state index >= 15 is 0 Å². The largest absolute Gasteiger partial charge is 0.471 e. The molecule has 2 nitrogen and oxygen atoms in total. The zero-order chi connectivity index (χ0) is 12.5. The standard InChI is InChI=1S/C9H6ClF4NO/c1-4-2-5(10)7(3-6(4)11)15-8(16)9(12,13)14/h2-3H,1H3,(H,15,16). The van der Waals surface area contributed by atoms with Crippen LogP contribution >= 0.6 is 11.6 Å². The topological polar surface area (TPSA) is 29.1 Å². The van der Waals surface area contributed by atoms with Crippen LogP contribution in [0.4, 0.5) is 23.2 Å². The lowest BCUT2D eigenvalue weighted by Crippen LogP contribution is -2.30. The maximum atomic E-state index is 13.0. The molecular formula is C9H6ClF4NO. The molecule has 1 N–H and O–H groups in total. The first kappa shape index (κ1) is 12.8. The Bertz CT molecular complexity index is 430. The van der Waals surface area contributed by atoms with E-state index in [1.165, 1.54) is 12.2 Å². The molecule has 7 heteroatoms. The van der Waals surface area contributed by atoms with Crippen LogP contribution in [0, 0.1) is 12.7 Å². The highest BCUT2D eigenvalue weighted by atomic mass is 35.5. The van der Waals surface area contributed by atoms with E-state index in [0.29, 0.717) is 0 Å². The number of carbonyl (C=O) groups excluding carboxylic acids is 1. The van der Waals surface area contributed by atoms with Crippen LogP contribution in [-0.4, -0.2) is 12.1 Å². The van der Waals surface area contributed by atoms with E-state index in [1.54, 1.807) is 0 Å². The summed E-state index contributed by atoms with van der Waals surface area (Å²) in [5, 5.41) is 1.33. The van der Waals surface area contributed by atoms with Crippen LogP contribution in [0.3, 0.4) is 0 Å². The van der Waals surface area contributed by atoms with Crippen molar-refractivity contribution in [2.45, 2.75) is 13.1 Å². The number of anilines is 1. The van der Waals surface area contributed by atoms with Crippen molar-refractivity contribution in [1.82, 2.24) is 0 Å². The predicted molar refractivity (Wildman–Crippen MR) is 50.8 cm³/mol. The molecule has 0 aliphatic carbocycles. The number of hydrogen-bond donors (Lipinski definition) is 1. The molecule has 1 rings (SSSR count). The molecule has 88 valence electrons. The van der Waals surface area contributed by atoms with Gasteiger partial charge in [0.05, 0.1) is 10.7 Å². The Morgan fingerprint density at radius 1 is 1.38 bits per heavy atom. The number of hydrogen-bond acceptors (Lipinski definition) is 1. The molecule has 0 atom stereocenters. The maximum absolute atomic E-state index is 13.0. The molecule has 1 aromatic rings. The van der Waals surface area contributed by atoms with Crippen LogP contribution in [0.15, 0.2) is 12.1 Å². The number of carbonyl (C=O) groups is 1. The Morgan fingerprint density at radius 2 is 1.94 bits per heavy atom. The Kier molecular flexibility index (Phi) is 3.42. The number of nitrogens with one attached hydrogen (secondary N) is 1. The lowest BCUT2D eigenvalue weighted by molar-refractivity contribution is -0.167. The van der Waals surface area contributed by atoms with Crippen LogP contribution in [0.25, 0.3) is 0 Å². The van der Waals surface area contributed by atoms with E-state index in [2.05, 4.69) is 0 Å². The molecule has 0 saturated carbocycles. The van der Waals surface area contributed by atoms with E-state index < -0.39 is 23.6 Å². The van der Waals surface area contributed by atoms with Crippen molar-refractivity contribution in [2.75, 3.05) is 5.32 Å². The molecule has 1 amide bonds. The van der Waals surface area contributed by atoms with Crippen LogP contribution in [0.5, 0.6) is 0 Å². The summed E-state index contributed by atoms with van der Waals surface area (Å²) in [6, 6.07) is 1.87. The minimum atomic E-state index is -5.04. The van der Waals surface area contributed by atoms with Crippen molar-refractivity contribution in [1.29, 1.82) is 0 Å². The summed E-state index contributed by atoms with van der Waals surface area (Å²) in [5.74, 6) is -2.94. The van der Waals surface area contributed by atoms with Crippen LogP contribution in [-0.2, 0) is 4.79 Å². The van der Waals surface area contributed by atoms with Crippen LogP contribution < -0.4 is 5.32 Å². The average Bonchev–Trinajstić information content (AvgIpc) is 2.12. The van der Waals surface area contributed by atoms with E-state index in [1.807, 2.05) is 0 Å². The SMILES string of the molecule is Cc1cc(Cl)c(NC(=O)C(F)(F)F)cc1F. The molecule has 0 aliphatic rings. The Hall–Kier alpha value is -1.30. The summed E-state index contributed by atoms with van der Waals surface area (Å²) in [7, 11) is 0. The molecule has 1 aromatic carbocycles.